The van der Waals surface area contributed by atoms with Gasteiger partial charge >= 0.3 is 5.97 Å². The normalized spacial score (nSPS) is 14.9. The van der Waals surface area contributed by atoms with Crippen LogP contribution in [-0.2, 0) is 73.5 Å². The molecule has 0 fully saturated rings. The highest BCUT2D eigenvalue weighted by atomic mass is 16.4. The van der Waals surface area contributed by atoms with E-state index in [4.69, 9.17) is 17.2 Å². The third kappa shape index (κ3) is 33.0. The van der Waals surface area contributed by atoms with Crippen LogP contribution in [0.2, 0.25) is 0 Å². The number of carbonyl (C=O) groups is 14. The van der Waals surface area contributed by atoms with Crippen molar-refractivity contribution in [3.05, 3.63) is 35.9 Å². The van der Waals surface area contributed by atoms with Gasteiger partial charge in [-0.1, -0.05) is 58.0 Å². The van der Waals surface area contributed by atoms with Crippen LogP contribution in [0.3, 0.4) is 0 Å². The smallest absolute Gasteiger partial charge is 0.303 e. The molecule has 0 aromatic heterocycles. The summed E-state index contributed by atoms with van der Waals surface area (Å²) in [5, 5.41) is 89.5. The van der Waals surface area contributed by atoms with Crippen molar-refractivity contribution >= 4 is 88.7 Å². The second kappa shape index (κ2) is 43.7. The summed E-state index contributed by atoms with van der Waals surface area (Å²) in [4.78, 5) is 189. The molecule has 0 radical (unpaired) electrons. The van der Waals surface area contributed by atoms with E-state index >= 15 is 0 Å². The van der Waals surface area contributed by atoms with Crippen LogP contribution in [0.4, 0.5) is 0 Å². The Hall–Kier alpha value is -9.17. The van der Waals surface area contributed by atoms with Crippen LogP contribution in [0.1, 0.15) is 93.1 Å². The molecule has 12 atom stereocenters. The maximum absolute atomic E-state index is 14.1. The number of amides is 13. The number of guanidine groups is 1. The zero-order chi connectivity index (χ0) is 72.2. The number of aliphatic imine (C=N–C) groups is 1. The van der Waals surface area contributed by atoms with Crippen molar-refractivity contribution in [3.8, 4) is 0 Å². The first kappa shape index (κ1) is 83.8. The number of nitrogens with two attached hydrogens (primary N) is 3. The number of carbonyl (C=O) groups excluding carboxylic acids is 13. The summed E-state index contributed by atoms with van der Waals surface area (Å²) < 4.78 is 0. The van der Waals surface area contributed by atoms with E-state index in [9.17, 15) is 97.8 Å². The standard InChI is InChI=1S/C58H97N17O20/c1-29(2)21-38(70-56(94)48(33(7)80)74-52(90)39(22-35-13-10-9-11-14-35)67-45(84)26-75(19-20-76)57(95)37(66-34(8)81)15-12-18-63-58(60)61)51(89)65-31(5)49(87)71-41(27-77)54(92)72-42(28-78)53(91)69-36(16-17-46(85)86)50(88)73-47(32(6)79)55(93)64-25-44(83)68-40(30(3)4)23-62-24-43(59)82/h9-11,13-14,29-33,36-42,47-48,62,76-80H,12,15-28H2,1-8H3,(H2,59,82)(H,64,93)(H,65,89)(H,66,81)(H,67,84)(H,68,83)(H,69,91)(H,70,94)(H,71,87)(H,72,92)(H,73,88)(H,74,90)(H,85,86)(H4,60,61,63)/t31-,32+,33+,36-,37-,38-,39-,40+,41-,42-,47-,48-/m0/s1. The molecule has 0 heterocycles. The molecule has 1 aromatic rings. The molecule has 0 bridgehead atoms. The van der Waals surface area contributed by atoms with Crippen LogP contribution < -0.4 is 81.0 Å². The van der Waals surface area contributed by atoms with E-state index in [-0.39, 0.29) is 69.7 Å². The summed E-state index contributed by atoms with van der Waals surface area (Å²) in [5.41, 5.74) is 16.4. The molecule has 534 valence electrons. The first-order chi connectivity index (χ1) is 44.5. The Balaban J connectivity index is 3.26. The van der Waals surface area contributed by atoms with Gasteiger partial charge in [0.2, 0.25) is 76.8 Å². The molecule has 0 aliphatic heterocycles. The largest absolute Gasteiger partial charge is 0.481 e. The van der Waals surface area contributed by atoms with Gasteiger partial charge in [-0.3, -0.25) is 72.1 Å². The maximum atomic E-state index is 14.1. The summed E-state index contributed by atoms with van der Waals surface area (Å²) in [6.45, 7) is 6.85. The molecule has 37 nitrogen and oxygen atoms in total. The van der Waals surface area contributed by atoms with E-state index < -0.39 is 201 Å². The number of primary amides is 1. The molecule has 1 aromatic carbocycles. The number of hydrogen-bond donors (Lipinski definition) is 21. The van der Waals surface area contributed by atoms with Gasteiger partial charge in [-0.25, -0.2) is 0 Å². The van der Waals surface area contributed by atoms with Crippen LogP contribution in [0, 0.1) is 11.8 Å². The van der Waals surface area contributed by atoms with Crippen molar-refractivity contribution in [1.29, 1.82) is 0 Å². The third-order valence-corrected chi connectivity index (χ3v) is 13.9. The van der Waals surface area contributed by atoms with Gasteiger partial charge in [0.1, 0.15) is 54.4 Å². The predicted octanol–water partition coefficient (Wildman–Crippen LogP) is -9.50. The molecule has 13 amide bonds. The van der Waals surface area contributed by atoms with Crippen LogP contribution in [0.15, 0.2) is 35.3 Å². The topological polar surface area (TPSA) is 598 Å². The van der Waals surface area contributed by atoms with E-state index in [2.05, 4.69) is 68.8 Å². The molecule has 0 unspecified atom stereocenters. The lowest BCUT2D eigenvalue weighted by atomic mass is 10.0. The highest BCUT2D eigenvalue weighted by Gasteiger charge is 2.37. The van der Waals surface area contributed by atoms with Crippen LogP contribution >= 0.6 is 0 Å². The van der Waals surface area contributed by atoms with Crippen LogP contribution in [0.25, 0.3) is 0 Å². The van der Waals surface area contributed by atoms with E-state index in [0.29, 0.717) is 5.56 Å². The van der Waals surface area contributed by atoms with Gasteiger partial charge < -0.3 is 117 Å². The van der Waals surface area contributed by atoms with E-state index in [1.54, 1.807) is 58.0 Å². The monoisotopic (exact) mass is 1350 g/mol. The molecular weight excluding hydrogens is 1250 g/mol. The van der Waals surface area contributed by atoms with Crippen molar-refractivity contribution in [2.45, 2.75) is 167 Å². The molecule has 24 N–H and O–H groups in total. The van der Waals surface area contributed by atoms with Gasteiger partial charge in [-0.05, 0) is 63.9 Å². The minimum absolute atomic E-state index is 0.0360. The fraction of sp³-hybridized carbons (Fsp3) is 0.638. The number of carboxylic acids is 1. The van der Waals surface area contributed by atoms with Crippen LogP contribution in [0.5, 0.6) is 0 Å². The van der Waals surface area contributed by atoms with Gasteiger partial charge in [0.05, 0.1) is 51.7 Å². The van der Waals surface area contributed by atoms with Crippen molar-refractivity contribution in [2.24, 2.45) is 34.0 Å². The average molecular weight is 1350 g/mol. The Labute approximate surface area is 549 Å². The highest BCUT2D eigenvalue weighted by molar-refractivity contribution is 5.99. The Bertz CT molecular complexity index is 2770. The molecular formula is C58H97N17O20. The van der Waals surface area contributed by atoms with Crippen molar-refractivity contribution in [1.82, 2.24) is 68.7 Å². The number of carboxylic acid groups (broad SMARTS) is 1. The minimum Gasteiger partial charge on any atom is -0.481 e. The third-order valence-electron chi connectivity index (χ3n) is 13.9. The fourth-order valence-corrected chi connectivity index (χ4v) is 8.85. The number of rotatable bonds is 45. The lowest BCUT2D eigenvalue weighted by Crippen LogP contribution is -2.62. The zero-order valence-electron chi connectivity index (χ0n) is 54.6. The quantitative estimate of drug-likeness (QED) is 0.0164. The van der Waals surface area contributed by atoms with Gasteiger partial charge in [0, 0.05) is 45.4 Å². The summed E-state index contributed by atoms with van der Waals surface area (Å²) in [6.07, 6.45) is -4.76. The number of aliphatic hydroxyl groups is 5. The molecule has 0 aliphatic rings. The molecule has 0 saturated heterocycles. The van der Waals surface area contributed by atoms with Gasteiger partial charge in [0.15, 0.2) is 5.96 Å². The molecule has 0 saturated carbocycles. The summed E-state index contributed by atoms with van der Waals surface area (Å²) in [6, 6.07) is -7.27. The molecule has 1 rings (SSSR count). The number of aliphatic carboxylic acids is 1. The molecule has 0 aliphatic carbocycles. The van der Waals surface area contributed by atoms with E-state index in [1.165, 1.54) is 6.92 Å². The van der Waals surface area contributed by atoms with Gasteiger partial charge in [0.25, 0.3) is 0 Å². The molecule has 95 heavy (non-hydrogen) atoms. The first-order valence-corrected chi connectivity index (χ1v) is 30.6. The summed E-state index contributed by atoms with van der Waals surface area (Å²) in [5.74, 6) is -14.9. The predicted molar refractivity (Wildman–Crippen MR) is 338 cm³/mol. The lowest BCUT2D eigenvalue weighted by Gasteiger charge is -2.29. The second-order valence-electron chi connectivity index (χ2n) is 23.1. The Kier molecular flexibility index (Phi) is 38.5. The summed E-state index contributed by atoms with van der Waals surface area (Å²) >= 11 is 0. The summed E-state index contributed by atoms with van der Waals surface area (Å²) in [7, 11) is 0. The van der Waals surface area contributed by atoms with Crippen LogP contribution in [-0.4, -0.2) is 256 Å². The van der Waals surface area contributed by atoms with Crippen molar-refractivity contribution in [2.75, 3.05) is 59.1 Å². The van der Waals surface area contributed by atoms with Crippen molar-refractivity contribution in [3.63, 3.8) is 0 Å². The van der Waals surface area contributed by atoms with Gasteiger partial charge in [-0.15, -0.1) is 0 Å². The van der Waals surface area contributed by atoms with Gasteiger partial charge in [-0.2, -0.15) is 0 Å². The Morgan fingerprint density at radius 2 is 1.08 bits per heavy atom. The highest BCUT2D eigenvalue weighted by Crippen LogP contribution is 2.11. The maximum Gasteiger partial charge on any atom is 0.303 e. The zero-order valence-corrected chi connectivity index (χ0v) is 54.6. The number of nitrogens with one attached hydrogen (secondary N) is 12. The molecule has 37 heteroatoms. The lowest BCUT2D eigenvalue weighted by molar-refractivity contribution is -0.140. The first-order valence-electron chi connectivity index (χ1n) is 30.6. The fourth-order valence-electron chi connectivity index (χ4n) is 8.85. The number of aliphatic hydroxyl groups excluding tert-OH is 5. The molecule has 0 spiro atoms. The van der Waals surface area contributed by atoms with E-state index in [1.807, 2.05) is 0 Å². The average Bonchev–Trinajstić information content (AvgIpc) is 1.30. The Morgan fingerprint density at radius 1 is 0.558 bits per heavy atom. The number of nitrogens with zero attached hydrogens (tertiary/aromatic N) is 2. The number of hydrogen-bond acceptors (Lipinski definition) is 21. The second-order valence-corrected chi connectivity index (χ2v) is 23.1. The minimum atomic E-state index is -1.97. The van der Waals surface area contributed by atoms with E-state index in [0.717, 1.165) is 25.7 Å². The number of benzene rings is 1. The van der Waals surface area contributed by atoms with Crippen molar-refractivity contribution < 1.29 is 97.8 Å². The SMILES string of the molecule is CC(=O)N[C@@H](CCCN=C(N)N)C(=O)N(CCO)CC(=O)N[C@@H](Cc1ccccc1)C(=O)N[C@H](C(=O)N[C@@H](CC(C)C)C(=O)N[C@@H](C)C(=O)N[C@@H](CO)C(=O)N[C@@H](CO)C(=O)N[C@@H](CCC(=O)O)C(=O)N[C@H](C(=O)NCC(=O)N[C@H](CNCC(N)=O)C(C)C)[C@@H](C)O)[C@@H](C)O. The Morgan fingerprint density at radius 3 is 1.59 bits per heavy atom.